The number of nitrogens with zero attached hydrogens (tertiary/aromatic N) is 2. The molecule has 2 N–H and O–H groups in total. The minimum absolute atomic E-state index is 0.0510. The highest BCUT2D eigenvalue weighted by molar-refractivity contribution is 7.92. The van der Waals surface area contributed by atoms with Gasteiger partial charge in [0.15, 0.2) is 5.82 Å². The molecule has 0 bridgehead atoms. The minimum Gasteiger partial charge on any atom is -0.508 e. The lowest BCUT2D eigenvalue weighted by molar-refractivity contribution is 0.469. The van der Waals surface area contributed by atoms with E-state index >= 15 is 0 Å². The highest BCUT2D eigenvalue weighted by atomic mass is 32.2. The van der Waals surface area contributed by atoms with E-state index in [9.17, 15) is 13.5 Å². The van der Waals surface area contributed by atoms with Crippen molar-refractivity contribution in [3.8, 4) is 5.75 Å². The number of benzene rings is 1. The Morgan fingerprint density at radius 1 is 1.24 bits per heavy atom. The van der Waals surface area contributed by atoms with Crippen molar-refractivity contribution >= 4 is 15.8 Å². The molecule has 0 unspecified atom stereocenters. The maximum atomic E-state index is 12.5. The first-order valence-electron chi connectivity index (χ1n) is 6.43. The van der Waals surface area contributed by atoms with Gasteiger partial charge < -0.3 is 5.11 Å². The van der Waals surface area contributed by atoms with Crippen LogP contribution in [0.1, 0.15) is 30.9 Å². The number of phenols is 1. The molecule has 0 saturated carbocycles. The molecule has 0 radical (unpaired) electrons. The summed E-state index contributed by atoms with van der Waals surface area (Å²) in [6, 6.07) is 2.95. The summed E-state index contributed by atoms with van der Waals surface area (Å²) in [7, 11) is -3.79. The van der Waals surface area contributed by atoms with Crippen molar-refractivity contribution < 1.29 is 13.5 Å². The van der Waals surface area contributed by atoms with Crippen LogP contribution >= 0.6 is 0 Å². The number of hydrogen-bond acceptors (Lipinski definition) is 5. The smallest absolute Gasteiger partial charge is 0.263 e. The van der Waals surface area contributed by atoms with Crippen molar-refractivity contribution in [2.45, 2.75) is 31.6 Å². The molecule has 0 fully saturated rings. The molecule has 0 aliphatic heterocycles. The van der Waals surface area contributed by atoms with Crippen LogP contribution in [0.5, 0.6) is 5.75 Å². The van der Waals surface area contributed by atoms with Gasteiger partial charge in [0.05, 0.1) is 11.1 Å². The van der Waals surface area contributed by atoms with Crippen LogP contribution in [0.15, 0.2) is 35.6 Å². The van der Waals surface area contributed by atoms with Crippen LogP contribution in [-0.4, -0.2) is 23.5 Å². The second-order valence-electron chi connectivity index (χ2n) is 5.03. The Morgan fingerprint density at radius 3 is 2.52 bits per heavy atom. The van der Waals surface area contributed by atoms with Crippen LogP contribution < -0.4 is 4.72 Å². The highest BCUT2D eigenvalue weighted by Crippen LogP contribution is 2.31. The zero-order valence-corrected chi connectivity index (χ0v) is 12.8. The van der Waals surface area contributed by atoms with Crippen LogP contribution in [0.4, 0.5) is 5.82 Å². The van der Waals surface area contributed by atoms with E-state index in [1.807, 2.05) is 13.8 Å². The van der Waals surface area contributed by atoms with Crippen LogP contribution in [0.3, 0.4) is 0 Å². The summed E-state index contributed by atoms with van der Waals surface area (Å²) in [5, 5.41) is 9.79. The normalized spacial score (nSPS) is 11.6. The largest absolute Gasteiger partial charge is 0.508 e. The van der Waals surface area contributed by atoms with Gasteiger partial charge in [-0.05, 0) is 36.1 Å². The van der Waals surface area contributed by atoms with Gasteiger partial charge in [-0.15, -0.1) is 0 Å². The van der Waals surface area contributed by atoms with Crippen LogP contribution in [0.25, 0.3) is 0 Å². The molecule has 0 saturated heterocycles. The number of aryl methyl sites for hydroxylation is 1. The van der Waals surface area contributed by atoms with Gasteiger partial charge >= 0.3 is 0 Å². The van der Waals surface area contributed by atoms with Gasteiger partial charge in [-0.3, -0.25) is 9.71 Å². The molecule has 0 atom stereocenters. The lowest BCUT2D eigenvalue weighted by Gasteiger charge is -2.16. The van der Waals surface area contributed by atoms with Crippen LogP contribution in [-0.2, 0) is 10.0 Å². The molecule has 2 aromatic rings. The average molecular weight is 307 g/mol. The summed E-state index contributed by atoms with van der Waals surface area (Å²) < 4.78 is 27.5. The van der Waals surface area contributed by atoms with Crippen LogP contribution in [0, 0.1) is 6.92 Å². The Labute approximate surface area is 123 Å². The fourth-order valence-electron chi connectivity index (χ4n) is 1.91. The Morgan fingerprint density at radius 2 is 1.95 bits per heavy atom. The number of aromatic hydroxyl groups is 1. The summed E-state index contributed by atoms with van der Waals surface area (Å²) in [6.07, 6.45) is 4.20. The number of rotatable bonds is 4. The monoisotopic (exact) mass is 307 g/mol. The van der Waals surface area contributed by atoms with E-state index in [-0.39, 0.29) is 22.4 Å². The molecule has 0 aliphatic rings. The summed E-state index contributed by atoms with van der Waals surface area (Å²) in [4.78, 5) is 7.86. The van der Waals surface area contributed by atoms with Gasteiger partial charge in [0, 0.05) is 12.4 Å². The van der Waals surface area contributed by atoms with E-state index in [1.165, 1.54) is 30.7 Å². The fourth-order valence-corrected chi connectivity index (χ4v) is 3.34. The van der Waals surface area contributed by atoms with E-state index in [1.54, 1.807) is 6.92 Å². The topological polar surface area (TPSA) is 92.2 Å². The molecule has 21 heavy (non-hydrogen) atoms. The quantitative estimate of drug-likeness (QED) is 0.905. The van der Waals surface area contributed by atoms with Crippen molar-refractivity contribution in [3.05, 3.63) is 41.9 Å². The maximum absolute atomic E-state index is 12.5. The Hall–Kier alpha value is -2.15. The standard InChI is InChI=1S/C14H17N3O3S/c1-9(2)11-7-12(18)10(3)6-13(11)21(19,20)17-14-8-15-4-5-16-14/h4-9,18H,1-3H3,(H,16,17). The number of nitrogens with one attached hydrogen (secondary N) is 1. The number of phenolic OH excluding ortho intramolecular Hbond substituents is 1. The van der Waals surface area contributed by atoms with E-state index in [0.29, 0.717) is 11.1 Å². The third-order valence-corrected chi connectivity index (χ3v) is 4.45. The maximum Gasteiger partial charge on any atom is 0.263 e. The second kappa shape index (κ2) is 5.69. The molecule has 112 valence electrons. The molecule has 2 rings (SSSR count). The zero-order chi connectivity index (χ0) is 15.6. The van der Waals surface area contributed by atoms with Gasteiger partial charge in [0.2, 0.25) is 0 Å². The van der Waals surface area contributed by atoms with Crippen molar-refractivity contribution in [1.29, 1.82) is 0 Å². The van der Waals surface area contributed by atoms with E-state index in [2.05, 4.69) is 14.7 Å². The summed E-state index contributed by atoms with van der Waals surface area (Å²) in [5.74, 6) is 0.181. The van der Waals surface area contributed by atoms with Gasteiger partial charge in [-0.1, -0.05) is 13.8 Å². The zero-order valence-electron chi connectivity index (χ0n) is 12.0. The van der Waals surface area contributed by atoms with E-state index < -0.39 is 10.0 Å². The van der Waals surface area contributed by atoms with Crippen LogP contribution in [0.2, 0.25) is 0 Å². The number of hydrogen-bond donors (Lipinski definition) is 2. The predicted molar refractivity (Wildman–Crippen MR) is 79.8 cm³/mol. The first-order valence-corrected chi connectivity index (χ1v) is 7.92. The summed E-state index contributed by atoms with van der Waals surface area (Å²) in [5.41, 5.74) is 1.05. The fraction of sp³-hybridized carbons (Fsp3) is 0.286. The van der Waals surface area contributed by atoms with Gasteiger partial charge in [0.1, 0.15) is 5.75 Å². The highest BCUT2D eigenvalue weighted by Gasteiger charge is 2.22. The third kappa shape index (κ3) is 3.30. The van der Waals surface area contributed by atoms with Gasteiger partial charge in [-0.2, -0.15) is 0 Å². The van der Waals surface area contributed by atoms with Crippen molar-refractivity contribution in [3.63, 3.8) is 0 Å². The van der Waals surface area contributed by atoms with Gasteiger partial charge in [-0.25, -0.2) is 13.4 Å². The minimum atomic E-state index is -3.79. The molecule has 1 heterocycles. The lowest BCUT2D eigenvalue weighted by Crippen LogP contribution is -2.16. The molecular weight excluding hydrogens is 290 g/mol. The van der Waals surface area contributed by atoms with Gasteiger partial charge in [0.25, 0.3) is 10.0 Å². The third-order valence-electron chi connectivity index (χ3n) is 3.04. The molecule has 7 heteroatoms. The molecule has 1 aromatic heterocycles. The number of sulfonamides is 1. The molecule has 0 aliphatic carbocycles. The van der Waals surface area contributed by atoms with Crippen molar-refractivity contribution in [1.82, 2.24) is 9.97 Å². The molecule has 0 amide bonds. The average Bonchev–Trinajstić information content (AvgIpc) is 2.41. The second-order valence-corrected chi connectivity index (χ2v) is 6.68. The Kier molecular flexibility index (Phi) is 4.13. The summed E-state index contributed by atoms with van der Waals surface area (Å²) >= 11 is 0. The SMILES string of the molecule is Cc1cc(S(=O)(=O)Nc2cnccn2)c(C(C)C)cc1O. The first-order chi connectivity index (χ1) is 9.81. The first kappa shape index (κ1) is 15.2. The Bertz CT molecular complexity index is 744. The van der Waals surface area contributed by atoms with E-state index in [0.717, 1.165) is 0 Å². The Balaban J connectivity index is 2.51. The summed E-state index contributed by atoms with van der Waals surface area (Å²) in [6.45, 7) is 5.39. The lowest BCUT2D eigenvalue weighted by atomic mass is 10.0. The molecule has 1 aromatic carbocycles. The van der Waals surface area contributed by atoms with E-state index in [4.69, 9.17) is 0 Å². The number of aromatic nitrogens is 2. The number of anilines is 1. The predicted octanol–water partition coefficient (Wildman–Crippen LogP) is 2.41. The van der Waals surface area contributed by atoms with Crippen molar-refractivity contribution in [2.24, 2.45) is 0 Å². The molecule has 6 nitrogen and oxygen atoms in total. The molecule has 0 spiro atoms. The molecular formula is C14H17N3O3S. The van der Waals surface area contributed by atoms with Crippen molar-refractivity contribution in [2.75, 3.05) is 4.72 Å².